The number of nitro groups is 1. The van der Waals surface area contributed by atoms with Gasteiger partial charge in [0.25, 0.3) is 5.69 Å². The molecule has 1 unspecified atom stereocenters. The summed E-state index contributed by atoms with van der Waals surface area (Å²) in [6.45, 7) is 0.343. The van der Waals surface area contributed by atoms with Crippen LogP contribution in [0.4, 0.5) is 5.69 Å². The molecule has 1 aromatic heterocycles. The number of hydrogen-bond acceptors (Lipinski definition) is 9. The molecule has 1 aliphatic heterocycles. The highest BCUT2D eigenvalue weighted by Crippen LogP contribution is 2.38. The maximum absolute atomic E-state index is 13.3. The Bertz CT molecular complexity index is 1330. The lowest BCUT2D eigenvalue weighted by Crippen LogP contribution is -2.30. The second kappa shape index (κ2) is 11.3. The molecule has 0 spiro atoms. The summed E-state index contributed by atoms with van der Waals surface area (Å²) in [6.07, 6.45) is 4.87. The SMILES string of the molecule is COc1ccc(CCCCc2nnc(C3CCCN3S(=O)(=O)c3cccc([N+](=O)[O-])c3)s2)cc1OC. The predicted octanol–water partition coefficient (Wildman–Crippen LogP) is 4.55. The van der Waals surface area contributed by atoms with Crippen LogP contribution in [0, 0.1) is 10.1 Å². The van der Waals surface area contributed by atoms with Crippen molar-refractivity contribution in [3.05, 3.63) is 68.2 Å². The average Bonchev–Trinajstić information content (AvgIpc) is 3.56. The third-order valence-electron chi connectivity index (χ3n) is 6.16. The third-order valence-corrected chi connectivity index (χ3v) is 9.15. The van der Waals surface area contributed by atoms with Gasteiger partial charge in [-0.2, -0.15) is 4.31 Å². The molecular weight excluding hydrogens is 504 g/mol. The van der Waals surface area contributed by atoms with E-state index in [0.29, 0.717) is 35.9 Å². The monoisotopic (exact) mass is 532 g/mol. The Morgan fingerprint density at radius 1 is 1.08 bits per heavy atom. The molecule has 0 aliphatic carbocycles. The molecule has 0 radical (unpaired) electrons. The smallest absolute Gasteiger partial charge is 0.270 e. The van der Waals surface area contributed by atoms with Crippen LogP contribution in [0.1, 0.15) is 47.3 Å². The summed E-state index contributed by atoms with van der Waals surface area (Å²) in [5.74, 6) is 1.42. The summed E-state index contributed by atoms with van der Waals surface area (Å²) in [5, 5.41) is 21.2. The van der Waals surface area contributed by atoms with Gasteiger partial charge in [0, 0.05) is 25.1 Å². The molecule has 2 aromatic carbocycles. The zero-order valence-corrected chi connectivity index (χ0v) is 21.8. The molecule has 2 heterocycles. The molecule has 0 bridgehead atoms. The number of non-ortho nitro benzene ring substituents is 1. The van der Waals surface area contributed by atoms with Crippen molar-refractivity contribution in [1.29, 1.82) is 0 Å². The van der Waals surface area contributed by atoms with Crippen molar-refractivity contribution >= 4 is 27.0 Å². The minimum Gasteiger partial charge on any atom is -0.493 e. The predicted molar refractivity (Wildman–Crippen MR) is 135 cm³/mol. The van der Waals surface area contributed by atoms with Crippen molar-refractivity contribution in [2.75, 3.05) is 20.8 Å². The fourth-order valence-corrected chi connectivity index (χ4v) is 7.11. The van der Waals surface area contributed by atoms with Gasteiger partial charge in [0.05, 0.1) is 30.1 Å². The molecule has 36 heavy (non-hydrogen) atoms. The van der Waals surface area contributed by atoms with Crippen LogP contribution in [0.15, 0.2) is 47.4 Å². The van der Waals surface area contributed by atoms with Crippen molar-refractivity contribution in [3.8, 4) is 11.5 Å². The maximum atomic E-state index is 13.3. The number of rotatable bonds is 11. The van der Waals surface area contributed by atoms with E-state index in [-0.39, 0.29) is 10.6 Å². The lowest BCUT2D eigenvalue weighted by atomic mass is 10.1. The van der Waals surface area contributed by atoms with E-state index < -0.39 is 21.0 Å². The molecule has 0 saturated carbocycles. The van der Waals surface area contributed by atoms with Gasteiger partial charge >= 0.3 is 0 Å². The Hall–Kier alpha value is -3.09. The van der Waals surface area contributed by atoms with E-state index in [1.807, 2.05) is 18.2 Å². The summed E-state index contributed by atoms with van der Waals surface area (Å²) in [6, 6.07) is 10.7. The van der Waals surface area contributed by atoms with Gasteiger partial charge in [-0.1, -0.05) is 23.5 Å². The fourth-order valence-electron chi connectivity index (χ4n) is 4.31. The number of hydrogen-bond donors (Lipinski definition) is 0. The highest BCUT2D eigenvalue weighted by atomic mass is 32.2. The van der Waals surface area contributed by atoms with Gasteiger partial charge < -0.3 is 9.47 Å². The van der Waals surface area contributed by atoms with Crippen LogP contribution in [-0.2, 0) is 22.9 Å². The normalized spacial score (nSPS) is 16.2. The molecule has 12 heteroatoms. The van der Waals surface area contributed by atoms with Gasteiger partial charge in [0.15, 0.2) is 11.5 Å². The number of unbranched alkanes of at least 4 members (excludes halogenated alkanes) is 1. The first-order valence-electron chi connectivity index (χ1n) is 11.6. The Kier molecular flexibility index (Phi) is 8.17. The first kappa shape index (κ1) is 26.0. The maximum Gasteiger partial charge on any atom is 0.270 e. The molecule has 3 aromatic rings. The van der Waals surface area contributed by atoms with E-state index in [0.717, 1.165) is 36.8 Å². The number of ether oxygens (including phenoxy) is 2. The highest BCUT2D eigenvalue weighted by Gasteiger charge is 2.38. The molecule has 1 saturated heterocycles. The van der Waals surface area contributed by atoms with Crippen LogP contribution >= 0.6 is 11.3 Å². The van der Waals surface area contributed by atoms with Gasteiger partial charge in [-0.05, 0) is 55.9 Å². The minimum absolute atomic E-state index is 0.0801. The lowest BCUT2D eigenvalue weighted by Gasteiger charge is -2.22. The van der Waals surface area contributed by atoms with Crippen LogP contribution in [0.5, 0.6) is 11.5 Å². The highest BCUT2D eigenvalue weighted by molar-refractivity contribution is 7.89. The van der Waals surface area contributed by atoms with E-state index in [4.69, 9.17) is 9.47 Å². The van der Waals surface area contributed by atoms with Crippen molar-refractivity contribution in [1.82, 2.24) is 14.5 Å². The van der Waals surface area contributed by atoms with Crippen molar-refractivity contribution < 1.29 is 22.8 Å². The molecular formula is C24H28N4O6S2. The first-order valence-corrected chi connectivity index (χ1v) is 13.9. The Balaban J connectivity index is 1.37. The van der Waals surface area contributed by atoms with Crippen LogP contribution in [0.3, 0.4) is 0 Å². The van der Waals surface area contributed by atoms with E-state index in [2.05, 4.69) is 10.2 Å². The molecule has 192 valence electrons. The summed E-state index contributed by atoms with van der Waals surface area (Å²) >= 11 is 1.44. The topological polar surface area (TPSA) is 125 Å². The Morgan fingerprint density at radius 2 is 1.86 bits per heavy atom. The zero-order valence-electron chi connectivity index (χ0n) is 20.1. The average molecular weight is 533 g/mol. The number of aromatic nitrogens is 2. The number of sulfonamides is 1. The molecule has 1 fully saturated rings. The van der Waals surface area contributed by atoms with E-state index in [9.17, 15) is 18.5 Å². The molecule has 1 aliphatic rings. The minimum atomic E-state index is -3.90. The third kappa shape index (κ3) is 5.66. The summed E-state index contributed by atoms with van der Waals surface area (Å²) in [5.41, 5.74) is 0.914. The van der Waals surface area contributed by atoms with E-state index >= 15 is 0 Å². The zero-order chi connectivity index (χ0) is 25.7. The Morgan fingerprint density at radius 3 is 2.61 bits per heavy atom. The number of benzene rings is 2. The van der Waals surface area contributed by atoms with Crippen molar-refractivity contribution in [3.63, 3.8) is 0 Å². The largest absolute Gasteiger partial charge is 0.493 e. The van der Waals surface area contributed by atoms with E-state index in [1.165, 1.54) is 39.4 Å². The van der Waals surface area contributed by atoms with Gasteiger partial charge in [0.2, 0.25) is 10.0 Å². The molecule has 10 nitrogen and oxygen atoms in total. The quantitative estimate of drug-likeness (QED) is 0.200. The Labute approximate surface area is 214 Å². The van der Waals surface area contributed by atoms with Gasteiger partial charge in [-0.3, -0.25) is 10.1 Å². The second-order valence-corrected chi connectivity index (χ2v) is 11.4. The summed E-state index contributed by atoms with van der Waals surface area (Å²) in [7, 11) is -0.664. The number of methoxy groups -OCH3 is 2. The van der Waals surface area contributed by atoms with E-state index in [1.54, 1.807) is 14.2 Å². The van der Waals surface area contributed by atoms with Crippen LogP contribution in [-0.4, -0.2) is 48.6 Å². The fraction of sp³-hybridized carbons (Fsp3) is 0.417. The van der Waals surface area contributed by atoms with Gasteiger partial charge in [0.1, 0.15) is 10.0 Å². The van der Waals surface area contributed by atoms with Crippen LogP contribution < -0.4 is 9.47 Å². The molecule has 1 atom stereocenters. The molecule has 0 amide bonds. The molecule has 0 N–H and O–H groups in total. The molecule has 4 rings (SSSR count). The van der Waals surface area contributed by atoms with Crippen molar-refractivity contribution in [2.24, 2.45) is 0 Å². The van der Waals surface area contributed by atoms with Crippen molar-refractivity contribution in [2.45, 2.75) is 49.5 Å². The summed E-state index contributed by atoms with van der Waals surface area (Å²) in [4.78, 5) is 10.4. The standard InChI is InChI=1S/C24H28N4O6S2/c1-33-21-13-12-17(15-22(21)34-2)7-3-4-11-23-25-26-24(35-23)20-10-6-14-27(20)36(31,32)19-9-5-8-18(16-19)28(29)30/h5,8-9,12-13,15-16,20H,3-4,6-7,10-11,14H2,1-2H3. The number of nitro benzene ring substituents is 1. The lowest BCUT2D eigenvalue weighted by molar-refractivity contribution is -0.385. The number of aryl methyl sites for hydroxylation is 2. The van der Waals surface area contributed by atoms with Gasteiger partial charge in [-0.25, -0.2) is 8.42 Å². The summed E-state index contributed by atoms with van der Waals surface area (Å²) < 4.78 is 38.6. The second-order valence-electron chi connectivity index (χ2n) is 8.46. The first-order chi connectivity index (χ1) is 17.3. The van der Waals surface area contributed by atoms with Crippen LogP contribution in [0.25, 0.3) is 0 Å². The van der Waals surface area contributed by atoms with Crippen LogP contribution in [0.2, 0.25) is 0 Å². The van der Waals surface area contributed by atoms with Gasteiger partial charge in [-0.15, -0.1) is 10.2 Å². The number of nitrogens with zero attached hydrogens (tertiary/aromatic N) is 4.